The predicted molar refractivity (Wildman–Crippen MR) is 123 cm³/mol. The number of nitrogens with zero attached hydrogens (tertiary/aromatic N) is 3. The van der Waals surface area contributed by atoms with Crippen molar-refractivity contribution in [1.82, 2.24) is 19.7 Å². The Hall–Kier alpha value is -2.87. The van der Waals surface area contributed by atoms with Crippen LogP contribution < -0.4 is 5.69 Å². The molecule has 0 aliphatic heterocycles. The molecule has 4 rings (SSSR count). The second-order valence-corrected chi connectivity index (χ2v) is 9.05. The summed E-state index contributed by atoms with van der Waals surface area (Å²) in [4.78, 5) is 27.4. The Morgan fingerprint density at radius 2 is 1.78 bits per heavy atom. The summed E-state index contributed by atoms with van der Waals surface area (Å²) in [6, 6.07) is 16.2. The minimum Gasteiger partial charge on any atom is -0.335 e. The van der Waals surface area contributed by atoms with Crippen molar-refractivity contribution < 1.29 is 9.18 Å². The zero-order valence-electron chi connectivity index (χ0n) is 17.9. The summed E-state index contributed by atoms with van der Waals surface area (Å²) in [5, 5.41) is 7.12. The first kappa shape index (κ1) is 22.3. The molecule has 3 aromatic rings. The molecule has 0 bridgehead atoms. The Labute approximate surface area is 190 Å². The maximum atomic E-state index is 13.3. The van der Waals surface area contributed by atoms with Crippen molar-refractivity contribution in [2.75, 3.05) is 5.75 Å². The predicted octanol–water partition coefficient (Wildman–Crippen LogP) is 4.21. The van der Waals surface area contributed by atoms with Gasteiger partial charge in [-0.05, 0) is 36.1 Å². The lowest BCUT2D eigenvalue weighted by Crippen LogP contribution is -2.42. The number of benzene rings is 2. The highest BCUT2D eigenvalue weighted by atomic mass is 32.2. The molecule has 1 N–H and O–H groups in total. The van der Waals surface area contributed by atoms with E-state index in [1.165, 1.54) is 30.3 Å². The van der Waals surface area contributed by atoms with Crippen molar-refractivity contribution in [3.8, 4) is 0 Å². The third-order valence-electron chi connectivity index (χ3n) is 5.83. The fraction of sp³-hybridized carbons (Fsp3) is 0.375. The van der Waals surface area contributed by atoms with Gasteiger partial charge in [-0.25, -0.2) is 14.3 Å². The zero-order valence-corrected chi connectivity index (χ0v) is 18.7. The zero-order chi connectivity index (χ0) is 22.3. The van der Waals surface area contributed by atoms with Gasteiger partial charge in [-0.1, -0.05) is 73.5 Å². The van der Waals surface area contributed by atoms with Gasteiger partial charge in [0, 0.05) is 12.6 Å². The van der Waals surface area contributed by atoms with E-state index in [4.69, 9.17) is 0 Å². The van der Waals surface area contributed by atoms with Crippen molar-refractivity contribution in [2.24, 2.45) is 0 Å². The number of nitrogens with one attached hydrogen (secondary N) is 1. The molecule has 0 atom stereocenters. The maximum absolute atomic E-state index is 13.3. The van der Waals surface area contributed by atoms with Gasteiger partial charge in [0.05, 0.1) is 12.3 Å². The maximum Gasteiger partial charge on any atom is 0.344 e. The number of aromatic amines is 1. The lowest BCUT2D eigenvalue weighted by molar-refractivity contribution is -0.132. The van der Waals surface area contributed by atoms with Crippen molar-refractivity contribution in [3.05, 3.63) is 82.0 Å². The highest BCUT2D eigenvalue weighted by molar-refractivity contribution is 7.99. The summed E-state index contributed by atoms with van der Waals surface area (Å²) in [5.41, 5.74) is 1.61. The van der Waals surface area contributed by atoms with Crippen LogP contribution in [0.15, 0.2) is 64.5 Å². The van der Waals surface area contributed by atoms with Crippen molar-refractivity contribution in [2.45, 2.75) is 56.4 Å². The molecule has 0 spiro atoms. The fourth-order valence-electron chi connectivity index (χ4n) is 4.13. The van der Waals surface area contributed by atoms with Gasteiger partial charge in [0.25, 0.3) is 0 Å². The Balaban J connectivity index is 1.46. The van der Waals surface area contributed by atoms with Crippen molar-refractivity contribution in [3.63, 3.8) is 0 Å². The van der Waals surface area contributed by atoms with Gasteiger partial charge in [-0.2, -0.15) is 0 Å². The Kier molecular flexibility index (Phi) is 7.42. The van der Waals surface area contributed by atoms with Crippen LogP contribution in [-0.2, 0) is 17.9 Å². The molecule has 32 heavy (non-hydrogen) atoms. The first-order valence-electron chi connectivity index (χ1n) is 11.0. The van der Waals surface area contributed by atoms with Gasteiger partial charge in [0.15, 0.2) is 5.16 Å². The van der Waals surface area contributed by atoms with E-state index in [0.29, 0.717) is 18.2 Å². The van der Waals surface area contributed by atoms with E-state index in [2.05, 4.69) is 10.2 Å². The molecule has 8 heteroatoms. The molecule has 1 fully saturated rings. The fourth-order valence-corrected chi connectivity index (χ4v) is 4.96. The molecule has 1 aliphatic rings. The second kappa shape index (κ2) is 10.6. The van der Waals surface area contributed by atoms with E-state index in [-0.39, 0.29) is 29.2 Å². The van der Waals surface area contributed by atoms with Crippen LogP contribution >= 0.6 is 11.8 Å². The molecule has 2 aromatic carbocycles. The molecule has 0 radical (unpaired) electrons. The van der Waals surface area contributed by atoms with E-state index in [0.717, 1.165) is 36.8 Å². The molecule has 1 aliphatic carbocycles. The Bertz CT molecular complexity index is 1080. The van der Waals surface area contributed by atoms with Gasteiger partial charge < -0.3 is 4.90 Å². The molecule has 6 nitrogen and oxygen atoms in total. The number of carbonyl (C=O) groups is 1. The van der Waals surface area contributed by atoms with E-state index in [9.17, 15) is 14.0 Å². The molecule has 0 saturated heterocycles. The molecule has 0 unspecified atom stereocenters. The number of aromatic nitrogens is 3. The molecular weight excluding hydrogens is 427 g/mol. The lowest BCUT2D eigenvalue weighted by atomic mass is 9.94. The highest BCUT2D eigenvalue weighted by Crippen LogP contribution is 2.26. The number of rotatable bonds is 8. The molecule has 1 aromatic heterocycles. The normalized spacial score (nSPS) is 14.4. The topological polar surface area (TPSA) is 71.0 Å². The standard InChI is InChI=1S/C24H27FN4O2S/c25-20-13-11-19(12-14-20)15-28(21-9-5-2-6-10-21)22(30)17-32-24-27-26-23(31)29(24)16-18-7-3-1-4-8-18/h1,3-4,7-8,11-14,21H,2,5-6,9-10,15-17H2,(H,26,31). The molecule has 1 amide bonds. The minimum absolute atomic E-state index is 0.00735. The number of thioether (sulfide) groups is 1. The van der Waals surface area contributed by atoms with Crippen molar-refractivity contribution >= 4 is 17.7 Å². The Morgan fingerprint density at radius 3 is 2.50 bits per heavy atom. The average molecular weight is 455 g/mol. The number of carbonyl (C=O) groups excluding carboxylic acids is 1. The van der Waals surface area contributed by atoms with Gasteiger partial charge in [0.1, 0.15) is 5.82 Å². The van der Waals surface area contributed by atoms with Crippen LogP contribution in [-0.4, -0.2) is 37.4 Å². The number of H-pyrrole nitrogens is 1. The van der Waals surface area contributed by atoms with E-state index < -0.39 is 0 Å². The monoisotopic (exact) mass is 454 g/mol. The SMILES string of the molecule is O=C(CSc1n[nH]c(=O)n1Cc1ccccc1)N(Cc1ccc(F)cc1)C1CCCCC1. The Morgan fingerprint density at radius 1 is 1.06 bits per heavy atom. The number of amides is 1. The van der Waals surface area contributed by atoms with Crippen LogP contribution in [0.3, 0.4) is 0 Å². The quantitative estimate of drug-likeness (QED) is 0.518. The minimum atomic E-state index is -0.292. The third-order valence-corrected chi connectivity index (χ3v) is 6.79. The number of hydrogen-bond donors (Lipinski definition) is 1. The average Bonchev–Trinajstić information content (AvgIpc) is 3.17. The largest absolute Gasteiger partial charge is 0.344 e. The summed E-state index contributed by atoms with van der Waals surface area (Å²) >= 11 is 1.27. The molecule has 1 heterocycles. The van der Waals surface area contributed by atoms with Crippen LogP contribution in [0.25, 0.3) is 0 Å². The summed E-state index contributed by atoms with van der Waals surface area (Å²) in [5.74, 6) is -0.0840. The number of hydrogen-bond acceptors (Lipinski definition) is 4. The summed E-state index contributed by atoms with van der Waals surface area (Å²) in [6.45, 7) is 0.857. The van der Waals surface area contributed by atoms with Crippen LogP contribution in [0, 0.1) is 5.82 Å². The lowest BCUT2D eigenvalue weighted by Gasteiger charge is -2.34. The second-order valence-electron chi connectivity index (χ2n) is 8.11. The third kappa shape index (κ3) is 5.68. The van der Waals surface area contributed by atoms with Gasteiger partial charge >= 0.3 is 5.69 Å². The number of halogens is 1. The highest BCUT2D eigenvalue weighted by Gasteiger charge is 2.26. The van der Waals surface area contributed by atoms with Gasteiger partial charge in [-0.15, -0.1) is 5.10 Å². The first-order chi connectivity index (χ1) is 15.6. The first-order valence-corrected chi connectivity index (χ1v) is 11.9. The molecule has 168 valence electrons. The van der Waals surface area contributed by atoms with E-state index >= 15 is 0 Å². The van der Waals surface area contributed by atoms with E-state index in [1.807, 2.05) is 35.2 Å². The van der Waals surface area contributed by atoms with E-state index in [1.54, 1.807) is 16.7 Å². The van der Waals surface area contributed by atoms with Crippen LogP contribution in [0.2, 0.25) is 0 Å². The van der Waals surface area contributed by atoms with Crippen molar-refractivity contribution in [1.29, 1.82) is 0 Å². The van der Waals surface area contributed by atoms with Crippen LogP contribution in [0.5, 0.6) is 0 Å². The van der Waals surface area contributed by atoms with Crippen LogP contribution in [0.4, 0.5) is 4.39 Å². The summed E-state index contributed by atoms with van der Waals surface area (Å²) in [6.07, 6.45) is 5.39. The van der Waals surface area contributed by atoms with Gasteiger partial charge in [-0.3, -0.25) is 9.36 Å². The van der Waals surface area contributed by atoms with Gasteiger partial charge in [0.2, 0.25) is 5.91 Å². The summed E-state index contributed by atoms with van der Waals surface area (Å²) in [7, 11) is 0. The summed E-state index contributed by atoms with van der Waals surface area (Å²) < 4.78 is 14.9. The molecule has 1 saturated carbocycles. The molecular formula is C24H27FN4O2S. The van der Waals surface area contributed by atoms with Crippen LogP contribution in [0.1, 0.15) is 43.2 Å². The smallest absolute Gasteiger partial charge is 0.335 e.